The van der Waals surface area contributed by atoms with Crippen LogP contribution in [-0.2, 0) is 0 Å². The van der Waals surface area contributed by atoms with Crippen molar-refractivity contribution in [1.82, 2.24) is 15.3 Å². The standard InChI is InChI=1S/C6H6BrN3O/c1-8-6(11)4-2-10-5(7)3-9-4/h2-3H,1H3,(H,8,11)/i1D3. The van der Waals surface area contributed by atoms with E-state index in [-0.39, 0.29) is 5.69 Å². The first-order chi connectivity index (χ1) is 6.38. The number of carbonyl (C=O) groups is 1. The normalized spacial score (nSPS) is 14.5. The molecule has 1 rings (SSSR count). The maximum atomic E-state index is 11.2. The second-order valence-corrected chi connectivity index (χ2v) is 2.49. The molecule has 0 radical (unpaired) electrons. The van der Waals surface area contributed by atoms with Crippen LogP contribution in [0.3, 0.4) is 0 Å². The van der Waals surface area contributed by atoms with Crippen LogP contribution in [0.25, 0.3) is 0 Å². The van der Waals surface area contributed by atoms with Crippen molar-refractivity contribution in [3.8, 4) is 0 Å². The first-order valence-electron chi connectivity index (χ1n) is 4.18. The summed E-state index contributed by atoms with van der Waals surface area (Å²) in [4.78, 5) is 18.6. The van der Waals surface area contributed by atoms with Crippen LogP contribution in [0, 0.1) is 0 Å². The molecule has 1 heterocycles. The van der Waals surface area contributed by atoms with E-state index in [2.05, 4.69) is 25.9 Å². The van der Waals surface area contributed by atoms with Crippen molar-refractivity contribution in [2.24, 2.45) is 0 Å². The number of halogens is 1. The second-order valence-electron chi connectivity index (χ2n) is 1.68. The predicted molar refractivity (Wildman–Crippen MR) is 43.1 cm³/mol. The third kappa shape index (κ3) is 1.98. The Bertz CT molecular complexity index is 337. The Labute approximate surface area is 76.4 Å². The molecule has 0 spiro atoms. The minimum absolute atomic E-state index is 0.0377. The van der Waals surface area contributed by atoms with Gasteiger partial charge in [0.25, 0.3) is 5.91 Å². The molecule has 0 aromatic carbocycles. The van der Waals surface area contributed by atoms with Gasteiger partial charge in [-0.05, 0) is 15.9 Å². The first kappa shape index (κ1) is 4.82. The fraction of sp³-hybridized carbons (Fsp3) is 0.167. The van der Waals surface area contributed by atoms with E-state index in [4.69, 9.17) is 4.11 Å². The molecule has 0 saturated carbocycles. The topological polar surface area (TPSA) is 54.9 Å². The number of hydrogen-bond acceptors (Lipinski definition) is 3. The van der Waals surface area contributed by atoms with Crippen LogP contribution in [-0.4, -0.2) is 22.9 Å². The zero-order valence-corrected chi connectivity index (χ0v) is 6.92. The van der Waals surface area contributed by atoms with Crippen molar-refractivity contribution < 1.29 is 8.91 Å². The average molecular weight is 219 g/mol. The van der Waals surface area contributed by atoms with Gasteiger partial charge in [0.1, 0.15) is 10.3 Å². The molecule has 0 unspecified atom stereocenters. The summed E-state index contributed by atoms with van der Waals surface area (Å²) in [5, 5.41) is 1.80. The molecule has 1 amide bonds. The molecule has 11 heavy (non-hydrogen) atoms. The Balaban J connectivity index is 2.76. The molecule has 0 saturated heterocycles. The summed E-state index contributed by atoms with van der Waals surface area (Å²) in [5.41, 5.74) is -0.0377. The summed E-state index contributed by atoms with van der Waals surface area (Å²) < 4.78 is 20.9. The van der Waals surface area contributed by atoms with E-state index in [1.54, 1.807) is 5.32 Å². The fourth-order valence-corrected chi connectivity index (χ4v) is 0.698. The first-order valence-corrected chi connectivity index (χ1v) is 3.48. The lowest BCUT2D eigenvalue weighted by atomic mass is 10.4. The maximum Gasteiger partial charge on any atom is 0.271 e. The molecule has 58 valence electrons. The van der Waals surface area contributed by atoms with Crippen LogP contribution >= 0.6 is 15.9 Å². The van der Waals surface area contributed by atoms with Gasteiger partial charge in [-0.2, -0.15) is 0 Å². The Morgan fingerprint density at radius 3 is 3.09 bits per heavy atom. The molecule has 0 aliphatic carbocycles. The number of rotatable bonds is 1. The molecule has 5 heteroatoms. The third-order valence-corrected chi connectivity index (χ3v) is 1.38. The van der Waals surface area contributed by atoms with E-state index in [9.17, 15) is 4.79 Å². The monoisotopic (exact) mass is 218 g/mol. The molecule has 0 atom stereocenters. The van der Waals surface area contributed by atoms with Gasteiger partial charge in [0, 0.05) is 11.1 Å². The number of hydrogen-bond donors (Lipinski definition) is 1. The average Bonchev–Trinajstić information content (AvgIpc) is 2.02. The largest absolute Gasteiger partial charge is 0.354 e. The molecule has 1 aromatic heterocycles. The summed E-state index contributed by atoms with van der Waals surface area (Å²) in [7, 11) is 0. The SMILES string of the molecule is [2H]C([2H])([2H])NC(=O)c1cnc(Br)cn1. The lowest BCUT2D eigenvalue weighted by molar-refractivity contribution is 0.0957. The lowest BCUT2D eigenvalue weighted by Crippen LogP contribution is -2.19. The molecular weight excluding hydrogens is 210 g/mol. The lowest BCUT2D eigenvalue weighted by Gasteiger charge is -1.96. The van der Waals surface area contributed by atoms with Crippen LogP contribution in [0.2, 0.25) is 0 Å². The summed E-state index contributed by atoms with van der Waals surface area (Å²) >= 11 is 3.04. The van der Waals surface area contributed by atoms with Gasteiger partial charge in [-0.3, -0.25) is 4.79 Å². The van der Waals surface area contributed by atoms with Crippen molar-refractivity contribution in [2.75, 3.05) is 6.98 Å². The van der Waals surface area contributed by atoms with Gasteiger partial charge >= 0.3 is 0 Å². The minimum Gasteiger partial charge on any atom is -0.354 e. The van der Waals surface area contributed by atoms with Crippen molar-refractivity contribution in [1.29, 1.82) is 0 Å². The van der Waals surface area contributed by atoms with E-state index in [1.165, 1.54) is 12.4 Å². The van der Waals surface area contributed by atoms with Gasteiger partial charge in [-0.15, -0.1) is 0 Å². The second kappa shape index (κ2) is 3.43. The van der Waals surface area contributed by atoms with Crippen LogP contribution in [0.4, 0.5) is 0 Å². The van der Waals surface area contributed by atoms with Gasteiger partial charge in [0.2, 0.25) is 0 Å². The van der Waals surface area contributed by atoms with Crippen molar-refractivity contribution in [3.63, 3.8) is 0 Å². The van der Waals surface area contributed by atoms with Crippen molar-refractivity contribution >= 4 is 21.8 Å². The van der Waals surface area contributed by atoms with E-state index >= 15 is 0 Å². The zero-order valence-electron chi connectivity index (χ0n) is 8.34. The van der Waals surface area contributed by atoms with Crippen LogP contribution in [0.5, 0.6) is 0 Å². The quantitative estimate of drug-likeness (QED) is 0.752. The molecule has 1 aromatic rings. The molecule has 0 fully saturated rings. The Hall–Kier alpha value is -0.970. The highest BCUT2D eigenvalue weighted by Crippen LogP contribution is 2.01. The number of nitrogens with zero attached hydrogens (tertiary/aromatic N) is 2. The van der Waals surface area contributed by atoms with Crippen LogP contribution in [0.1, 0.15) is 14.6 Å². The van der Waals surface area contributed by atoms with Gasteiger partial charge in [0.15, 0.2) is 0 Å². The highest BCUT2D eigenvalue weighted by molar-refractivity contribution is 9.10. The van der Waals surface area contributed by atoms with Crippen molar-refractivity contribution in [3.05, 3.63) is 22.7 Å². The Morgan fingerprint density at radius 2 is 2.55 bits per heavy atom. The zero-order chi connectivity index (χ0) is 10.8. The summed E-state index contributed by atoms with van der Waals surface area (Å²) in [6.07, 6.45) is 2.50. The van der Waals surface area contributed by atoms with Crippen molar-refractivity contribution in [2.45, 2.75) is 0 Å². The number of amides is 1. The van der Waals surface area contributed by atoms with E-state index in [0.717, 1.165) is 0 Å². The minimum atomic E-state index is -2.51. The maximum absolute atomic E-state index is 11.2. The highest BCUT2D eigenvalue weighted by Gasteiger charge is 2.03. The fourth-order valence-electron chi connectivity index (χ4n) is 0.494. The highest BCUT2D eigenvalue weighted by atomic mass is 79.9. The summed E-state index contributed by atoms with van der Waals surface area (Å²) in [6.45, 7) is -2.51. The summed E-state index contributed by atoms with van der Waals surface area (Å²) in [6, 6.07) is 0. The Morgan fingerprint density at radius 1 is 1.73 bits per heavy atom. The smallest absolute Gasteiger partial charge is 0.271 e. The van der Waals surface area contributed by atoms with Gasteiger partial charge in [-0.25, -0.2) is 9.97 Å². The molecule has 0 aliphatic heterocycles. The van der Waals surface area contributed by atoms with Gasteiger partial charge in [-0.1, -0.05) is 0 Å². The number of aromatic nitrogens is 2. The van der Waals surface area contributed by atoms with Crippen LogP contribution < -0.4 is 5.32 Å². The van der Waals surface area contributed by atoms with Crippen LogP contribution in [0.15, 0.2) is 17.0 Å². The molecule has 0 bridgehead atoms. The molecule has 4 nitrogen and oxygen atoms in total. The third-order valence-electron chi connectivity index (χ3n) is 0.967. The van der Waals surface area contributed by atoms with E-state index in [0.29, 0.717) is 4.60 Å². The van der Waals surface area contributed by atoms with Gasteiger partial charge in [0.05, 0.1) is 12.4 Å². The van der Waals surface area contributed by atoms with Gasteiger partial charge < -0.3 is 5.32 Å². The van der Waals surface area contributed by atoms with E-state index < -0.39 is 12.9 Å². The molecular formula is C6H6BrN3O. The van der Waals surface area contributed by atoms with E-state index in [1.807, 2.05) is 0 Å². The Kier molecular flexibility index (Phi) is 1.50. The summed E-state index contributed by atoms with van der Waals surface area (Å²) in [5.74, 6) is -0.773. The number of carbonyl (C=O) groups excluding carboxylic acids is 1. The predicted octanol–water partition coefficient (Wildman–Crippen LogP) is 0.599. The molecule has 1 N–H and O–H groups in total. The molecule has 0 aliphatic rings. The number of nitrogens with one attached hydrogen (secondary N) is 1.